The van der Waals surface area contributed by atoms with Gasteiger partial charge in [-0.25, -0.2) is 0 Å². The Morgan fingerprint density at radius 3 is 1.53 bits per heavy atom. The Kier molecular flexibility index (Phi) is 6.23. The summed E-state index contributed by atoms with van der Waals surface area (Å²) in [6, 6.07) is 0. The third kappa shape index (κ3) is 5.31. The van der Waals surface area contributed by atoms with Crippen LogP contribution in [0.2, 0.25) is 0 Å². The van der Waals surface area contributed by atoms with Gasteiger partial charge in [0.2, 0.25) is 0 Å². The Bertz CT molecular complexity index is 171. The summed E-state index contributed by atoms with van der Waals surface area (Å²) in [5.74, 6) is 0. The highest BCUT2D eigenvalue weighted by Crippen LogP contribution is 1.94. The fourth-order valence-corrected chi connectivity index (χ4v) is 2.36. The molecule has 0 aliphatic carbocycles. The van der Waals surface area contributed by atoms with Gasteiger partial charge in [-0.05, 0) is 0 Å². The molecule has 2 heterocycles. The number of piperazine rings is 2. The van der Waals surface area contributed by atoms with E-state index in [-0.39, 0.29) is 0 Å². The van der Waals surface area contributed by atoms with Crippen molar-refractivity contribution in [2.45, 2.75) is 0 Å². The van der Waals surface area contributed by atoms with E-state index in [1.54, 1.807) is 0 Å². The molecule has 0 aromatic heterocycles. The van der Waals surface area contributed by atoms with Crippen LogP contribution in [0.4, 0.5) is 0 Å². The van der Waals surface area contributed by atoms with Gasteiger partial charge in [-0.3, -0.25) is 9.80 Å². The Morgan fingerprint density at radius 2 is 1.12 bits per heavy atom. The summed E-state index contributed by atoms with van der Waals surface area (Å²) in [5, 5.41) is 6.73. The second-order valence-electron chi connectivity index (χ2n) is 4.80. The number of hydrogen-bond donors (Lipinski definition) is 2. The molecule has 0 radical (unpaired) electrons. The highest BCUT2D eigenvalue weighted by molar-refractivity contribution is 4.68. The van der Waals surface area contributed by atoms with Gasteiger partial charge in [0.25, 0.3) is 0 Å². The van der Waals surface area contributed by atoms with Crippen LogP contribution in [0, 0.1) is 0 Å². The molecule has 5 nitrogen and oxygen atoms in total. The summed E-state index contributed by atoms with van der Waals surface area (Å²) in [4.78, 5) is 4.95. The maximum atomic E-state index is 5.71. The van der Waals surface area contributed by atoms with Gasteiger partial charge >= 0.3 is 0 Å². The molecule has 17 heavy (non-hydrogen) atoms. The van der Waals surface area contributed by atoms with Gasteiger partial charge in [-0.2, -0.15) is 0 Å². The molecular weight excluding hydrogens is 216 g/mol. The molecule has 5 heteroatoms. The zero-order valence-corrected chi connectivity index (χ0v) is 10.8. The summed E-state index contributed by atoms with van der Waals surface area (Å²) in [6.07, 6.45) is 0. The average molecular weight is 242 g/mol. The first-order valence-corrected chi connectivity index (χ1v) is 6.89. The minimum atomic E-state index is 0.881. The number of nitrogens with zero attached hydrogens (tertiary/aromatic N) is 2. The predicted molar refractivity (Wildman–Crippen MR) is 69.4 cm³/mol. The van der Waals surface area contributed by atoms with E-state index < -0.39 is 0 Å². The first-order chi connectivity index (χ1) is 8.45. The Hall–Kier alpha value is -0.200. The lowest BCUT2D eigenvalue weighted by Gasteiger charge is -2.28. The lowest BCUT2D eigenvalue weighted by atomic mass is 10.3. The van der Waals surface area contributed by atoms with Crippen molar-refractivity contribution in [2.24, 2.45) is 0 Å². The molecule has 0 atom stereocenters. The second kappa shape index (κ2) is 8.00. The van der Waals surface area contributed by atoms with Gasteiger partial charge in [-0.1, -0.05) is 0 Å². The zero-order chi connectivity index (χ0) is 11.8. The van der Waals surface area contributed by atoms with Crippen molar-refractivity contribution in [3.05, 3.63) is 0 Å². The summed E-state index contributed by atoms with van der Waals surface area (Å²) < 4.78 is 5.71. The molecule has 2 aliphatic rings. The minimum absolute atomic E-state index is 0.881. The van der Waals surface area contributed by atoms with Crippen molar-refractivity contribution in [3.8, 4) is 0 Å². The van der Waals surface area contributed by atoms with Gasteiger partial charge < -0.3 is 15.4 Å². The zero-order valence-electron chi connectivity index (χ0n) is 10.8. The van der Waals surface area contributed by atoms with Crippen molar-refractivity contribution in [1.29, 1.82) is 0 Å². The van der Waals surface area contributed by atoms with Crippen LogP contribution >= 0.6 is 0 Å². The van der Waals surface area contributed by atoms with Crippen LogP contribution in [0.1, 0.15) is 0 Å². The molecule has 2 rings (SSSR count). The molecule has 0 unspecified atom stereocenters. The van der Waals surface area contributed by atoms with Crippen molar-refractivity contribution in [1.82, 2.24) is 20.4 Å². The molecule has 0 saturated carbocycles. The maximum Gasteiger partial charge on any atom is 0.0594 e. The van der Waals surface area contributed by atoms with E-state index in [9.17, 15) is 0 Å². The smallest absolute Gasteiger partial charge is 0.0594 e. The van der Waals surface area contributed by atoms with E-state index in [2.05, 4.69) is 20.4 Å². The molecule has 2 aliphatic heterocycles. The highest BCUT2D eigenvalue weighted by Gasteiger charge is 2.10. The molecule has 0 spiro atoms. The molecule has 2 saturated heterocycles. The normalized spacial score (nSPS) is 24.0. The predicted octanol–water partition coefficient (Wildman–Crippen LogP) is -1.19. The number of hydrogen-bond acceptors (Lipinski definition) is 5. The van der Waals surface area contributed by atoms with E-state index in [4.69, 9.17) is 4.74 Å². The van der Waals surface area contributed by atoms with E-state index in [1.807, 2.05) is 0 Å². The molecule has 0 amide bonds. The van der Waals surface area contributed by atoms with Crippen molar-refractivity contribution in [2.75, 3.05) is 78.7 Å². The van der Waals surface area contributed by atoms with Crippen molar-refractivity contribution >= 4 is 0 Å². The van der Waals surface area contributed by atoms with Gasteiger partial charge in [0.05, 0.1) is 13.2 Å². The van der Waals surface area contributed by atoms with Crippen LogP contribution in [-0.4, -0.2) is 88.5 Å². The van der Waals surface area contributed by atoms with Gasteiger partial charge in [0.1, 0.15) is 0 Å². The standard InChI is InChI=1S/C12H26N4O/c1-5-15(6-2-13-1)9-11-17-12-10-16-7-3-14-4-8-16/h13-14H,1-12H2. The summed E-state index contributed by atoms with van der Waals surface area (Å²) in [6.45, 7) is 13.1. The van der Waals surface area contributed by atoms with Gasteiger partial charge in [-0.15, -0.1) is 0 Å². The van der Waals surface area contributed by atoms with Gasteiger partial charge in [0.15, 0.2) is 0 Å². The summed E-state index contributed by atoms with van der Waals surface area (Å²) in [7, 11) is 0. The quantitative estimate of drug-likeness (QED) is 0.573. The third-order valence-corrected chi connectivity index (χ3v) is 3.52. The SMILES string of the molecule is C1CN(CCOCCN2CCNCC2)CCN1. The fourth-order valence-electron chi connectivity index (χ4n) is 2.36. The summed E-state index contributed by atoms with van der Waals surface area (Å²) >= 11 is 0. The second-order valence-corrected chi connectivity index (χ2v) is 4.80. The van der Waals surface area contributed by atoms with E-state index in [0.29, 0.717) is 0 Å². The first-order valence-electron chi connectivity index (χ1n) is 6.89. The minimum Gasteiger partial charge on any atom is -0.379 e. The number of ether oxygens (including phenoxy) is 1. The van der Waals surface area contributed by atoms with Crippen LogP contribution < -0.4 is 10.6 Å². The molecular formula is C12H26N4O. The monoisotopic (exact) mass is 242 g/mol. The molecule has 0 bridgehead atoms. The van der Waals surface area contributed by atoms with Crippen LogP contribution in [-0.2, 0) is 4.74 Å². The van der Waals surface area contributed by atoms with E-state index >= 15 is 0 Å². The Morgan fingerprint density at radius 1 is 0.706 bits per heavy atom. The van der Waals surface area contributed by atoms with Crippen LogP contribution in [0.5, 0.6) is 0 Å². The van der Waals surface area contributed by atoms with Crippen LogP contribution in [0.3, 0.4) is 0 Å². The average Bonchev–Trinajstić information content (AvgIpc) is 2.41. The lowest BCUT2D eigenvalue weighted by Crippen LogP contribution is -2.45. The molecule has 100 valence electrons. The fraction of sp³-hybridized carbons (Fsp3) is 1.00. The summed E-state index contributed by atoms with van der Waals surface area (Å²) in [5.41, 5.74) is 0. The van der Waals surface area contributed by atoms with Crippen LogP contribution in [0.15, 0.2) is 0 Å². The Labute approximate surface area is 104 Å². The molecule has 0 aromatic carbocycles. The van der Waals surface area contributed by atoms with E-state index in [0.717, 1.165) is 52.5 Å². The maximum absolute atomic E-state index is 5.71. The molecule has 2 fully saturated rings. The highest BCUT2D eigenvalue weighted by atomic mass is 16.5. The molecule has 2 N–H and O–H groups in total. The number of nitrogens with one attached hydrogen (secondary N) is 2. The van der Waals surface area contributed by atoms with Crippen LogP contribution in [0.25, 0.3) is 0 Å². The van der Waals surface area contributed by atoms with Crippen molar-refractivity contribution < 1.29 is 4.74 Å². The topological polar surface area (TPSA) is 39.8 Å². The number of rotatable bonds is 6. The third-order valence-electron chi connectivity index (χ3n) is 3.52. The van der Waals surface area contributed by atoms with E-state index in [1.165, 1.54) is 26.2 Å². The lowest BCUT2D eigenvalue weighted by molar-refractivity contribution is 0.0771. The van der Waals surface area contributed by atoms with Gasteiger partial charge in [0, 0.05) is 65.4 Å². The Balaban J connectivity index is 1.42. The largest absolute Gasteiger partial charge is 0.379 e. The molecule has 0 aromatic rings. The van der Waals surface area contributed by atoms with Crippen molar-refractivity contribution in [3.63, 3.8) is 0 Å². The first kappa shape index (κ1) is 13.2.